The van der Waals surface area contributed by atoms with Gasteiger partial charge in [0.25, 0.3) is 0 Å². The van der Waals surface area contributed by atoms with Crippen LogP contribution in [0, 0.1) is 0 Å². The molecular weight excluding hydrogens is 220 g/mol. The molecule has 0 aliphatic carbocycles. The molecule has 17 heavy (non-hydrogen) atoms. The molecule has 2 aromatic heterocycles. The van der Waals surface area contributed by atoms with Crippen molar-refractivity contribution in [2.24, 2.45) is 0 Å². The van der Waals surface area contributed by atoms with Gasteiger partial charge in [-0.25, -0.2) is 24.3 Å². The fourth-order valence-electron chi connectivity index (χ4n) is 1.46. The van der Waals surface area contributed by atoms with E-state index in [0.717, 1.165) is 12.8 Å². The van der Waals surface area contributed by atoms with E-state index in [4.69, 9.17) is 5.73 Å². The van der Waals surface area contributed by atoms with Crippen LogP contribution in [0.3, 0.4) is 0 Å². The highest BCUT2D eigenvalue weighted by Crippen LogP contribution is 2.13. The lowest BCUT2D eigenvalue weighted by Gasteiger charge is -2.04. The molecule has 90 valence electrons. The Bertz CT molecular complexity index is 535. The Hall–Kier alpha value is -2.18. The third-order valence-corrected chi connectivity index (χ3v) is 2.39. The summed E-state index contributed by atoms with van der Waals surface area (Å²) < 4.78 is 1.34. The number of imidazole rings is 1. The second-order valence-electron chi connectivity index (χ2n) is 3.63. The standard InChI is InChI=1S/C10H14N6O/c1-2-3-4-12-10(17)16-6-15-7-8(11)13-5-14-9(7)16/h5-6H,2-4H2,1H3,(H,12,17)(H2,11,13,14). The van der Waals surface area contributed by atoms with Crippen LogP contribution in [0.5, 0.6) is 0 Å². The molecule has 2 heterocycles. The number of hydrogen-bond donors (Lipinski definition) is 2. The van der Waals surface area contributed by atoms with Gasteiger partial charge >= 0.3 is 6.03 Å². The van der Waals surface area contributed by atoms with Crippen molar-refractivity contribution < 1.29 is 4.79 Å². The highest BCUT2D eigenvalue weighted by atomic mass is 16.2. The first-order valence-corrected chi connectivity index (χ1v) is 5.45. The van der Waals surface area contributed by atoms with Gasteiger partial charge < -0.3 is 11.1 Å². The first-order chi connectivity index (χ1) is 8.24. The van der Waals surface area contributed by atoms with Crippen LogP contribution in [0.2, 0.25) is 0 Å². The molecule has 0 unspecified atom stereocenters. The van der Waals surface area contributed by atoms with Gasteiger partial charge in [0.2, 0.25) is 0 Å². The second kappa shape index (κ2) is 4.77. The number of aromatic nitrogens is 4. The molecule has 0 atom stereocenters. The topological polar surface area (TPSA) is 98.7 Å². The van der Waals surface area contributed by atoms with E-state index >= 15 is 0 Å². The summed E-state index contributed by atoms with van der Waals surface area (Å²) in [6, 6.07) is -0.251. The zero-order valence-electron chi connectivity index (χ0n) is 9.55. The molecule has 0 aliphatic heterocycles. The number of amides is 1. The zero-order valence-corrected chi connectivity index (χ0v) is 9.55. The van der Waals surface area contributed by atoms with Crippen molar-refractivity contribution in [1.29, 1.82) is 0 Å². The quantitative estimate of drug-likeness (QED) is 0.764. The Morgan fingerprint density at radius 1 is 1.47 bits per heavy atom. The molecule has 1 amide bonds. The van der Waals surface area contributed by atoms with E-state index in [1.54, 1.807) is 0 Å². The number of hydrogen-bond acceptors (Lipinski definition) is 5. The van der Waals surface area contributed by atoms with Gasteiger partial charge in [-0.05, 0) is 6.42 Å². The number of unbranched alkanes of at least 4 members (excludes halogenated alkanes) is 1. The molecule has 3 N–H and O–H groups in total. The van der Waals surface area contributed by atoms with Crippen molar-refractivity contribution in [1.82, 2.24) is 24.8 Å². The lowest BCUT2D eigenvalue weighted by atomic mass is 10.3. The summed E-state index contributed by atoms with van der Waals surface area (Å²) in [6.07, 6.45) is 4.68. The fraction of sp³-hybridized carbons (Fsp3) is 0.400. The maximum atomic E-state index is 11.8. The van der Waals surface area contributed by atoms with Crippen molar-refractivity contribution in [3.63, 3.8) is 0 Å². The number of nitrogens with one attached hydrogen (secondary N) is 1. The molecule has 7 heteroatoms. The average Bonchev–Trinajstić information content (AvgIpc) is 2.74. The number of carbonyl (C=O) groups excluding carboxylic acids is 1. The Kier molecular flexibility index (Phi) is 3.17. The van der Waals surface area contributed by atoms with Crippen molar-refractivity contribution >= 4 is 23.0 Å². The largest absolute Gasteiger partial charge is 0.382 e. The third kappa shape index (κ3) is 2.17. The van der Waals surface area contributed by atoms with Crippen LogP contribution in [0.15, 0.2) is 12.7 Å². The van der Waals surface area contributed by atoms with Crippen LogP contribution in [0.4, 0.5) is 10.6 Å². The molecule has 0 radical (unpaired) electrons. The maximum Gasteiger partial charge on any atom is 0.328 e. The van der Waals surface area contributed by atoms with E-state index in [9.17, 15) is 4.79 Å². The molecular formula is C10H14N6O. The monoisotopic (exact) mass is 234 g/mol. The summed E-state index contributed by atoms with van der Waals surface area (Å²) in [5, 5.41) is 2.78. The van der Waals surface area contributed by atoms with Crippen LogP contribution in [0.25, 0.3) is 11.2 Å². The van der Waals surface area contributed by atoms with Gasteiger partial charge in [0, 0.05) is 6.54 Å². The number of nitrogen functional groups attached to an aromatic ring is 1. The van der Waals surface area contributed by atoms with Crippen LogP contribution >= 0.6 is 0 Å². The summed E-state index contributed by atoms with van der Waals surface area (Å²) in [7, 11) is 0. The average molecular weight is 234 g/mol. The Labute approximate surface area is 98.1 Å². The van der Waals surface area contributed by atoms with E-state index < -0.39 is 0 Å². The van der Waals surface area contributed by atoms with Gasteiger partial charge in [-0.1, -0.05) is 13.3 Å². The van der Waals surface area contributed by atoms with Crippen molar-refractivity contribution in [3.8, 4) is 0 Å². The van der Waals surface area contributed by atoms with Crippen LogP contribution < -0.4 is 11.1 Å². The lowest BCUT2D eigenvalue weighted by Crippen LogP contribution is -2.29. The van der Waals surface area contributed by atoms with Crippen molar-refractivity contribution in [3.05, 3.63) is 12.7 Å². The fourth-order valence-corrected chi connectivity index (χ4v) is 1.46. The minimum atomic E-state index is -0.251. The summed E-state index contributed by atoms with van der Waals surface area (Å²) in [5.74, 6) is 0.273. The summed E-state index contributed by atoms with van der Waals surface area (Å²) in [4.78, 5) is 23.7. The Balaban J connectivity index is 2.24. The molecule has 7 nitrogen and oxygen atoms in total. The molecule has 0 spiro atoms. The third-order valence-electron chi connectivity index (χ3n) is 2.39. The summed E-state index contributed by atoms with van der Waals surface area (Å²) in [5.41, 5.74) is 6.50. The van der Waals surface area contributed by atoms with Gasteiger partial charge in [-0.2, -0.15) is 0 Å². The van der Waals surface area contributed by atoms with Gasteiger partial charge in [-0.15, -0.1) is 0 Å². The van der Waals surface area contributed by atoms with Crippen LogP contribution in [-0.4, -0.2) is 32.1 Å². The smallest absolute Gasteiger partial charge is 0.328 e. The normalized spacial score (nSPS) is 10.6. The van der Waals surface area contributed by atoms with Gasteiger partial charge in [-0.3, -0.25) is 0 Å². The van der Waals surface area contributed by atoms with Crippen molar-refractivity contribution in [2.75, 3.05) is 12.3 Å². The van der Waals surface area contributed by atoms with Crippen LogP contribution in [-0.2, 0) is 0 Å². The maximum absolute atomic E-state index is 11.8. The molecule has 0 aliphatic rings. The van der Waals surface area contributed by atoms with E-state index in [2.05, 4.69) is 27.2 Å². The molecule has 2 rings (SSSR count). The summed E-state index contributed by atoms with van der Waals surface area (Å²) >= 11 is 0. The number of fused-ring (bicyclic) bond motifs is 1. The molecule has 0 bridgehead atoms. The molecule has 0 saturated carbocycles. The number of anilines is 1. The highest BCUT2D eigenvalue weighted by molar-refractivity contribution is 5.90. The minimum absolute atomic E-state index is 0.251. The van der Waals surface area contributed by atoms with Gasteiger partial charge in [0.05, 0.1) is 0 Å². The SMILES string of the molecule is CCCCNC(=O)n1cnc2c(N)ncnc21. The molecule has 0 aromatic carbocycles. The predicted octanol–water partition coefficient (Wildman–Crippen LogP) is 0.766. The van der Waals surface area contributed by atoms with E-state index in [0.29, 0.717) is 17.7 Å². The zero-order chi connectivity index (χ0) is 12.3. The van der Waals surface area contributed by atoms with E-state index in [-0.39, 0.29) is 11.8 Å². The first kappa shape index (κ1) is 11.3. The van der Waals surface area contributed by atoms with Crippen molar-refractivity contribution in [2.45, 2.75) is 19.8 Å². The number of carbonyl (C=O) groups is 1. The Morgan fingerprint density at radius 3 is 3.06 bits per heavy atom. The number of rotatable bonds is 3. The molecule has 0 saturated heterocycles. The molecule has 2 aromatic rings. The van der Waals surface area contributed by atoms with E-state index in [1.807, 2.05) is 0 Å². The predicted molar refractivity (Wildman–Crippen MR) is 63.4 cm³/mol. The van der Waals surface area contributed by atoms with Crippen LogP contribution in [0.1, 0.15) is 19.8 Å². The minimum Gasteiger partial charge on any atom is -0.382 e. The number of nitrogens with two attached hydrogens (primary N) is 1. The lowest BCUT2D eigenvalue weighted by molar-refractivity contribution is 0.243. The highest BCUT2D eigenvalue weighted by Gasteiger charge is 2.12. The first-order valence-electron chi connectivity index (χ1n) is 5.45. The Morgan fingerprint density at radius 2 is 2.29 bits per heavy atom. The second-order valence-corrected chi connectivity index (χ2v) is 3.63. The molecule has 0 fully saturated rings. The van der Waals surface area contributed by atoms with Gasteiger partial charge in [0.15, 0.2) is 17.0 Å². The summed E-state index contributed by atoms with van der Waals surface area (Å²) in [6.45, 7) is 2.70. The van der Waals surface area contributed by atoms with Gasteiger partial charge in [0.1, 0.15) is 12.7 Å². The van der Waals surface area contributed by atoms with E-state index in [1.165, 1.54) is 17.2 Å². The number of nitrogens with zero attached hydrogens (tertiary/aromatic N) is 4.